The third-order valence-electron chi connectivity index (χ3n) is 12.3. The molecular weight excluding hydrogens is 848 g/mol. The van der Waals surface area contributed by atoms with Crippen LogP contribution in [0.4, 0.5) is 11.4 Å². The van der Waals surface area contributed by atoms with Crippen LogP contribution in [0.15, 0.2) is 121 Å². The number of hydrogen-bond donors (Lipinski definition) is 8. The maximum Gasteiger partial charge on any atom is 0.255 e. The molecule has 2 amide bonds. The fourth-order valence-electron chi connectivity index (χ4n) is 9.04. The highest BCUT2D eigenvalue weighted by Gasteiger charge is 2.41. The van der Waals surface area contributed by atoms with Gasteiger partial charge in [-0.1, -0.05) is 59.6 Å². The van der Waals surface area contributed by atoms with E-state index in [9.17, 15) is 19.8 Å². The van der Waals surface area contributed by atoms with Crippen LogP contribution in [0.1, 0.15) is 66.2 Å². The van der Waals surface area contributed by atoms with Crippen molar-refractivity contribution >= 4 is 74.0 Å². The molecule has 2 aliphatic rings. The maximum absolute atomic E-state index is 15.0. The molecule has 320 valence electrons. The van der Waals surface area contributed by atoms with Crippen LogP contribution in [-0.2, 0) is 30.7 Å². The summed E-state index contributed by atoms with van der Waals surface area (Å²) in [6, 6.07) is 35.9. The van der Waals surface area contributed by atoms with E-state index in [0.29, 0.717) is 58.5 Å². The van der Waals surface area contributed by atoms with Crippen LogP contribution in [0.25, 0.3) is 44.3 Å². The number of benzene rings is 6. The third kappa shape index (κ3) is 7.76. The largest absolute Gasteiger partial charge is 0.396 e. The zero-order valence-corrected chi connectivity index (χ0v) is 35.8. The minimum atomic E-state index is -0.704. The summed E-state index contributed by atoms with van der Waals surface area (Å²) in [5.74, 6) is -0.573. The van der Waals surface area contributed by atoms with E-state index in [-0.39, 0.29) is 30.8 Å². The normalized spacial score (nSPS) is 15.4. The molecule has 10 rings (SSSR count). The molecule has 8 aromatic rings. The summed E-state index contributed by atoms with van der Waals surface area (Å²) in [7, 11) is 0. The molecule has 0 saturated carbocycles. The van der Waals surface area contributed by atoms with E-state index in [4.69, 9.17) is 23.2 Å². The quantitative estimate of drug-likeness (QED) is 0.0604. The topological polar surface area (TPSA) is 171 Å². The number of amides is 2. The van der Waals surface area contributed by atoms with Gasteiger partial charge in [-0.15, -0.1) is 0 Å². The molecule has 8 N–H and O–H groups in total. The highest BCUT2D eigenvalue weighted by molar-refractivity contribution is 6.32. The maximum atomic E-state index is 15.0. The second-order valence-corrected chi connectivity index (χ2v) is 17.0. The van der Waals surface area contributed by atoms with Gasteiger partial charge in [0.15, 0.2) is 5.78 Å². The summed E-state index contributed by atoms with van der Waals surface area (Å²) in [5.41, 5.74) is 12.4. The SMILES string of the molecule is O=C(Nc1ccc(CCO)cc1)c1ccc2[nH]c(-c3ccc(Cl)c4c3C(C(=O)C3NCc5c(Cl)ccc(-c6cc7cc(C(=O)Nc8ccc(CCO)cc8)ccc7[nH]6)c53)NC4)cc2c1. The lowest BCUT2D eigenvalue weighted by Gasteiger charge is -2.21. The number of fused-ring (bicyclic) bond motifs is 4. The standard InChI is InChI=1S/C51H42Cl2N6O5/c52-39-13-11-35(43-23-31-21-29(5-15-41(31)58-43)50(63)56-33-7-1-27(2-8-33)17-19-60)45-37(39)25-54-47(45)49(62)48-46-36(12-14-40(53)38(46)26-55-48)44-24-32-22-30(6-16-42(32)59-44)51(64)57-34-9-3-28(4-10-34)18-20-61/h1-16,21-24,47-48,54-55,58-61H,17-20,25-26H2,(H,56,63)(H,57,64). The summed E-state index contributed by atoms with van der Waals surface area (Å²) in [4.78, 5) is 48.7. The Morgan fingerprint density at radius 3 is 1.38 bits per heavy atom. The van der Waals surface area contributed by atoms with Gasteiger partial charge in [-0.2, -0.15) is 0 Å². The van der Waals surface area contributed by atoms with Crippen molar-refractivity contribution < 1.29 is 24.6 Å². The zero-order chi connectivity index (χ0) is 44.1. The molecule has 64 heavy (non-hydrogen) atoms. The van der Waals surface area contributed by atoms with Crippen molar-refractivity contribution in [1.82, 2.24) is 20.6 Å². The number of rotatable bonds is 12. The molecule has 2 atom stereocenters. The monoisotopic (exact) mass is 888 g/mol. The van der Waals surface area contributed by atoms with Crippen LogP contribution in [0, 0.1) is 0 Å². The average Bonchev–Trinajstić information content (AvgIpc) is 4.13. The molecule has 11 nitrogen and oxygen atoms in total. The molecule has 2 unspecified atom stereocenters. The van der Waals surface area contributed by atoms with Crippen LogP contribution in [0.2, 0.25) is 10.0 Å². The number of carbonyl (C=O) groups is 3. The van der Waals surface area contributed by atoms with Crippen LogP contribution in [-0.4, -0.2) is 51.0 Å². The molecule has 0 fully saturated rings. The molecule has 0 saturated heterocycles. The predicted octanol–water partition coefficient (Wildman–Crippen LogP) is 9.42. The van der Waals surface area contributed by atoms with Gasteiger partial charge < -0.3 is 30.8 Å². The number of aliphatic hydroxyl groups excluding tert-OH is 2. The minimum absolute atomic E-state index is 0.0598. The number of ketones is 1. The summed E-state index contributed by atoms with van der Waals surface area (Å²) >= 11 is 13.7. The molecule has 2 aliphatic heterocycles. The molecule has 4 heterocycles. The number of carbonyl (C=O) groups excluding carboxylic acids is 3. The van der Waals surface area contributed by atoms with Gasteiger partial charge >= 0.3 is 0 Å². The Kier molecular flexibility index (Phi) is 11.1. The van der Waals surface area contributed by atoms with Gasteiger partial charge in [0.05, 0.1) is 12.1 Å². The predicted molar refractivity (Wildman–Crippen MR) is 252 cm³/mol. The highest BCUT2D eigenvalue weighted by Crippen LogP contribution is 2.45. The van der Waals surface area contributed by atoms with E-state index in [1.165, 1.54) is 0 Å². The van der Waals surface area contributed by atoms with Gasteiger partial charge in [0.1, 0.15) is 0 Å². The van der Waals surface area contributed by atoms with Crippen molar-refractivity contribution in [2.45, 2.75) is 38.0 Å². The first kappa shape index (κ1) is 41.4. The Bertz CT molecular complexity index is 2930. The number of nitrogens with one attached hydrogen (secondary N) is 6. The lowest BCUT2D eigenvalue weighted by molar-refractivity contribution is -0.123. The van der Waals surface area contributed by atoms with Crippen molar-refractivity contribution in [3.63, 3.8) is 0 Å². The van der Waals surface area contributed by atoms with Crippen LogP contribution < -0.4 is 21.3 Å². The summed E-state index contributed by atoms with van der Waals surface area (Å²) in [5, 5.41) is 34.1. The van der Waals surface area contributed by atoms with Gasteiger partial charge in [0.2, 0.25) is 0 Å². The molecule has 0 spiro atoms. The Labute approximate surface area is 377 Å². The second-order valence-electron chi connectivity index (χ2n) is 16.2. The summed E-state index contributed by atoms with van der Waals surface area (Å²) < 4.78 is 0. The fourth-order valence-corrected chi connectivity index (χ4v) is 9.50. The van der Waals surface area contributed by atoms with Crippen LogP contribution in [0.5, 0.6) is 0 Å². The average molecular weight is 890 g/mol. The van der Waals surface area contributed by atoms with E-state index >= 15 is 4.79 Å². The van der Waals surface area contributed by atoms with Gasteiger partial charge in [-0.05, 0) is 131 Å². The highest BCUT2D eigenvalue weighted by atomic mass is 35.5. The number of aromatic amines is 2. The smallest absolute Gasteiger partial charge is 0.255 e. The number of aromatic nitrogens is 2. The number of hydrogen-bond acceptors (Lipinski definition) is 7. The van der Waals surface area contributed by atoms with Gasteiger partial charge in [0.25, 0.3) is 11.8 Å². The first-order valence-electron chi connectivity index (χ1n) is 21.1. The van der Waals surface area contributed by atoms with E-state index in [0.717, 1.165) is 77.7 Å². The molecule has 0 radical (unpaired) electrons. The number of Topliss-reactive ketones (excluding diaryl/α,β-unsaturated/α-hetero) is 1. The summed E-state index contributed by atoms with van der Waals surface area (Å²) in [6.45, 7) is 0.923. The zero-order valence-electron chi connectivity index (χ0n) is 34.3. The number of halogens is 2. The third-order valence-corrected chi connectivity index (χ3v) is 13.0. The number of H-pyrrole nitrogens is 2. The fraction of sp³-hybridized carbons (Fsp3) is 0.157. The van der Waals surface area contributed by atoms with Crippen molar-refractivity contribution in [2.24, 2.45) is 0 Å². The van der Waals surface area contributed by atoms with Crippen LogP contribution >= 0.6 is 23.2 Å². The van der Waals surface area contributed by atoms with Gasteiger partial charge in [-0.3, -0.25) is 25.0 Å². The van der Waals surface area contributed by atoms with E-state index in [1.54, 1.807) is 12.1 Å². The number of aliphatic hydroxyl groups is 2. The van der Waals surface area contributed by atoms with Crippen molar-refractivity contribution in [3.05, 3.63) is 176 Å². The van der Waals surface area contributed by atoms with E-state index < -0.39 is 12.1 Å². The first-order chi connectivity index (χ1) is 31.1. The van der Waals surface area contributed by atoms with Crippen LogP contribution in [0.3, 0.4) is 0 Å². The second kappa shape index (κ2) is 17.2. The van der Waals surface area contributed by atoms with Crippen molar-refractivity contribution in [1.29, 1.82) is 0 Å². The summed E-state index contributed by atoms with van der Waals surface area (Å²) in [6.07, 6.45) is 1.10. The number of anilines is 2. The Morgan fingerprint density at radius 2 is 0.969 bits per heavy atom. The Balaban J connectivity index is 0.926. The minimum Gasteiger partial charge on any atom is -0.396 e. The first-order valence-corrected chi connectivity index (χ1v) is 21.8. The molecule has 6 aromatic carbocycles. The van der Waals surface area contributed by atoms with Crippen molar-refractivity contribution in [2.75, 3.05) is 23.8 Å². The van der Waals surface area contributed by atoms with E-state index in [1.807, 2.05) is 109 Å². The molecule has 0 aliphatic carbocycles. The van der Waals surface area contributed by atoms with Gasteiger partial charge in [0, 0.05) is 103 Å². The lowest BCUT2D eigenvalue weighted by atomic mass is 9.87. The lowest BCUT2D eigenvalue weighted by Crippen LogP contribution is -2.32. The van der Waals surface area contributed by atoms with E-state index in [2.05, 4.69) is 31.2 Å². The molecule has 13 heteroatoms. The van der Waals surface area contributed by atoms with Crippen molar-refractivity contribution in [3.8, 4) is 22.5 Å². The Hall–Kier alpha value is -6.57. The van der Waals surface area contributed by atoms with Gasteiger partial charge in [-0.25, -0.2) is 0 Å². The molecular formula is C51H42Cl2N6O5. The molecule has 2 aromatic heterocycles. The Morgan fingerprint density at radius 1 is 0.547 bits per heavy atom. The molecule has 0 bridgehead atoms.